The molecule has 0 aliphatic carbocycles. The lowest BCUT2D eigenvalue weighted by Crippen LogP contribution is -2.31. The summed E-state index contributed by atoms with van der Waals surface area (Å²) >= 11 is 0. The SMILES string of the molecule is CCCC(CCC)C(=O)Nc1ccc(C(=O)Nc2ccc(N3CCC(N(C)C)C3)cc2)cc1. The van der Waals surface area contributed by atoms with E-state index < -0.39 is 0 Å². The van der Waals surface area contributed by atoms with E-state index in [2.05, 4.69) is 60.5 Å². The first kappa shape index (κ1) is 24.8. The summed E-state index contributed by atoms with van der Waals surface area (Å²) < 4.78 is 0. The summed E-state index contributed by atoms with van der Waals surface area (Å²) in [4.78, 5) is 29.9. The highest BCUT2D eigenvalue weighted by atomic mass is 16.2. The number of anilines is 3. The van der Waals surface area contributed by atoms with E-state index in [-0.39, 0.29) is 17.7 Å². The summed E-state index contributed by atoms with van der Waals surface area (Å²) in [7, 11) is 4.26. The molecule has 6 nitrogen and oxygen atoms in total. The molecule has 2 aromatic carbocycles. The van der Waals surface area contributed by atoms with Gasteiger partial charge in [-0.3, -0.25) is 9.59 Å². The highest BCUT2D eigenvalue weighted by Gasteiger charge is 2.24. The zero-order chi connectivity index (χ0) is 23.8. The normalized spacial score (nSPS) is 15.8. The molecular formula is C27H38N4O2. The monoisotopic (exact) mass is 450 g/mol. The van der Waals surface area contributed by atoms with Crippen LogP contribution in [-0.2, 0) is 4.79 Å². The van der Waals surface area contributed by atoms with Gasteiger partial charge in [0.15, 0.2) is 0 Å². The largest absolute Gasteiger partial charge is 0.370 e. The van der Waals surface area contributed by atoms with Crippen LogP contribution in [0.15, 0.2) is 48.5 Å². The number of carbonyl (C=O) groups is 2. The molecule has 3 rings (SSSR count). The number of nitrogens with zero attached hydrogens (tertiary/aromatic N) is 2. The molecule has 1 aliphatic rings. The third kappa shape index (κ3) is 6.81. The van der Waals surface area contributed by atoms with Crippen molar-refractivity contribution in [3.63, 3.8) is 0 Å². The molecule has 1 atom stereocenters. The minimum absolute atomic E-state index is 0.0419. The van der Waals surface area contributed by atoms with E-state index in [9.17, 15) is 9.59 Å². The Hall–Kier alpha value is -2.86. The first-order valence-corrected chi connectivity index (χ1v) is 12.1. The first-order chi connectivity index (χ1) is 15.9. The smallest absolute Gasteiger partial charge is 0.255 e. The van der Waals surface area contributed by atoms with Crippen LogP contribution in [0.3, 0.4) is 0 Å². The van der Waals surface area contributed by atoms with Crippen LogP contribution >= 0.6 is 0 Å². The maximum Gasteiger partial charge on any atom is 0.255 e. The number of carbonyl (C=O) groups excluding carboxylic acids is 2. The molecule has 0 radical (unpaired) electrons. The lowest BCUT2D eigenvalue weighted by molar-refractivity contribution is -0.120. The fourth-order valence-corrected chi connectivity index (χ4v) is 4.41. The molecule has 0 spiro atoms. The molecular weight excluding hydrogens is 412 g/mol. The molecule has 0 aromatic heterocycles. The van der Waals surface area contributed by atoms with Gasteiger partial charge in [-0.15, -0.1) is 0 Å². The maximum atomic E-state index is 12.7. The average molecular weight is 451 g/mol. The highest BCUT2D eigenvalue weighted by Crippen LogP contribution is 2.24. The van der Waals surface area contributed by atoms with Gasteiger partial charge < -0.3 is 20.4 Å². The van der Waals surface area contributed by atoms with E-state index >= 15 is 0 Å². The van der Waals surface area contributed by atoms with Gasteiger partial charge in [0.2, 0.25) is 5.91 Å². The quantitative estimate of drug-likeness (QED) is 0.520. The molecule has 6 heteroatoms. The molecule has 33 heavy (non-hydrogen) atoms. The number of hydrogen-bond donors (Lipinski definition) is 2. The molecule has 1 heterocycles. The topological polar surface area (TPSA) is 64.7 Å². The summed E-state index contributed by atoms with van der Waals surface area (Å²) in [5.41, 5.74) is 3.23. The molecule has 0 bridgehead atoms. The summed E-state index contributed by atoms with van der Waals surface area (Å²) in [6.45, 7) is 6.28. The Labute approximate surface area is 198 Å². The molecule has 2 amide bonds. The number of nitrogens with one attached hydrogen (secondary N) is 2. The maximum absolute atomic E-state index is 12.7. The Kier molecular flexibility index (Phi) is 8.89. The fraction of sp³-hybridized carbons (Fsp3) is 0.481. The van der Waals surface area contributed by atoms with Crippen molar-refractivity contribution in [2.45, 2.75) is 52.0 Å². The minimum Gasteiger partial charge on any atom is -0.370 e. The van der Waals surface area contributed by atoms with Gasteiger partial charge >= 0.3 is 0 Å². The predicted molar refractivity (Wildman–Crippen MR) is 137 cm³/mol. The lowest BCUT2D eigenvalue weighted by Gasteiger charge is -2.22. The Bertz CT molecular complexity index is 903. The molecule has 1 unspecified atom stereocenters. The first-order valence-electron chi connectivity index (χ1n) is 12.1. The number of amides is 2. The predicted octanol–water partition coefficient (Wildman–Crippen LogP) is 5.23. The van der Waals surface area contributed by atoms with Crippen LogP contribution in [0, 0.1) is 5.92 Å². The van der Waals surface area contributed by atoms with E-state index in [1.807, 2.05) is 12.1 Å². The summed E-state index contributed by atoms with van der Waals surface area (Å²) in [6, 6.07) is 15.7. The van der Waals surface area contributed by atoms with Crippen molar-refractivity contribution in [2.75, 3.05) is 42.7 Å². The van der Waals surface area contributed by atoms with Crippen molar-refractivity contribution in [3.05, 3.63) is 54.1 Å². The Morgan fingerprint density at radius 3 is 2.06 bits per heavy atom. The van der Waals surface area contributed by atoms with Crippen LogP contribution in [0.4, 0.5) is 17.1 Å². The highest BCUT2D eigenvalue weighted by molar-refractivity contribution is 6.04. The minimum atomic E-state index is -0.163. The molecule has 0 saturated carbocycles. The second-order valence-electron chi connectivity index (χ2n) is 9.19. The van der Waals surface area contributed by atoms with E-state index in [1.165, 1.54) is 12.1 Å². The van der Waals surface area contributed by atoms with Crippen LogP contribution in [-0.4, -0.2) is 49.9 Å². The van der Waals surface area contributed by atoms with Gasteiger partial charge in [0.05, 0.1) is 0 Å². The molecule has 178 valence electrons. The van der Waals surface area contributed by atoms with E-state index in [1.54, 1.807) is 24.3 Å². The molecule has 2 N–H and O–H groups in total. The Balaban J connectivity index is 1.54. The zero-order valence-electron chi connectivity index (χ0n) is 20.4. The fourth-order valence-electron chi connectivity index (χ4n) is 4.41. The Morgan fingerprint density at radius 2 is 1.52 bits per heavy atom. The van der Waals surface area contributed by atoms with Crippen LogP contribution in [0.1, 0.15) is 56.3 Å². The van der Waals surface area contributed by atoms with Crippen LogP contribution in [0.5, 0.6) is 0 Å². The molecule has 1 fully saturated rings. The molecule has 2 aromatic rings. The van der Waals surface area contributed by atoms with Gasteiger partial charge in [-0.1, -0.05) is 26.7 Å². The summed E-state index contributed by atoms with van der Waals surface area (Å²) in [6.07, 6.45) is 4.94. The Morgan fingerprint density at radius 1 is 0.939 bits per heavy atom. The number of likely N-dealkylation sites (N-methyl/N-ethyl adjacent to an activating group) is 1. The van der Waals surface area contributed by atoms with Gasteiger partial charge in [0.1, 0.15) is 0 Å². The van der Waals surface area contributed by atoms with Crippen molar-refractivity contribution in [1.29, 1.82) is 0 Å². The van der Waals surface area contributed by atoms with Gasteiger partial charge in [0, 0.05) is 47.7 Å². The van der Waals surface area contributed by atoms with Crippen LogP contribution in [0.2, 0.25) is 0 Å². The van der Waals surface area contributed by atoms with E-state index in [0.29, 0.717) is 11.6 Å². The number of hydrogen-bond acceptors (Lipinski definition) is 4. The standard InChI is InChI=1S/C27H38N4O2/c1-5-7-20(8-6-2)26(32)28-22-11-9-21(10-12-22)27(33)29-23-13-15-24(16-14-23)31-18-17-25(19-31)30(3)4/h9-16,20,25H,5-8,17-19H2,1-4H3,(H,28,32)(H,29,33). The van der Waals surface area contributed by atoms with Crippen molar-refractivity contribution >= 4 is 28.9 Å². The van der Waals surface area contributed by atoms with Gasteiger partial charge in [-0.25, -0.2) is 0 Å². The van der Waals surface area contributed by atoms with Crippen molar-refractivity contribution in [2.24, 2.45) is 5.92 Å². The second-order valence-corrected chi connectivity index (χ2v) is 9.19. The number of benzene rings is 2. The third-order valence-corrected chi connectivity index (χ3v) is 6.44. The van der Waals surface area contributed by atoms with Crippen molar-refractivity contribution < 1.29 is 9.59 Å². The van der Waals surface area contributed by atoms with Crippen LogP contribution in [0.25, 0.3) is 0 Å². The second kappa shape index (κ2) is 11.8. The molecule has 1 saturated heterocycles. The summed E-state index contributed by atoms with van der Waals surface area (Å²) in [5, 5.41) is 5.95. The van der Waals surface area contributed by atoms with E-state index in [4.69, 9.17) is 0 Å². The third-order valence-electron chi connectivity index (χ3n) is 6.44. The van der Waals surface area contributed by atoms with Crippen LogP contribution < -0.4 is 15.5 Å². The number of rotatable bonds is 10. The summed E-state index contributed by atoms with van der Waals surface area (Å²) in [5.74, 6) is -0.0597. The van der Waals surface area contributed by atoms with Gasteiger partial charge in [0.25, 0.3) is 5.91 Å². The zero-order valence-corrected chi connectivity index (χ0v) is 20.4. The lowest BCUT2D eigenvalue weighted by atomic mass is 9.97. The molecule has 1 aliphatic heterocycles. The van der Waals surface area contributed by atoms with Gasteiger partial charge in [-0.05, 0) is 81.9 Å². The van der Waals surface area contributed by atoms with E-state index in [0.717, 1.165) is 50.1 Å². The van der Waals surface area contributed by atoms with Gasteiger partial charge in [-0.2, -0.15) is 0 Å². The average Bonchev–Trinajstić information content (AvgIpc) is 3.30. The van der Waals surface area contributed by atoms with Crippen molar-refractivity contribution in [3.8, 4) is 0 Å². The van der Waals surface area contributed by atoms with Crippen molar-refractivity contribution in [1.82, 2.24) is 4.90 Å².